The average molecular weight is 343 g/mol. The quantitative estimate of drug-likeness (QED) is 0.921. The molecule has 7 nitrogen and oxygen atoms in total. The molecule has 2 aromatic rings. The number of nitrogens with one attached hydrogen (secondary N) is 1. The molecule has 0 radical (unpaired) electrons. The zero-order chi connectivity index (χ0) is 17.2. The van der Waals surface area contributed by atoms with Crippen LogP contribution in [0.1, 0.15) is 61.7 Å². The Kier molecular flexibility index (Phi) is 4.65. The molecule has 0 bridgehead atoms. The lowest BCUT2D eigenvalue weighted by Crippen LogP contribution is -2.47. The molecule has 0 spiro atoms. The molecule has 25 heavy (non-hydrogen) atoms. The van der Waals surface area contributed by atoms with E-state index >= 15 is 0 Å². The van der Waals surface area contributed by atoms with Crippen LogP contribution in [-0.2, 0) is 11.8 Å². The fraction of sp³-hybridized carbons (Fsp3) is 0.667. The van der Waals surface area contributed by atoms with Crippen LogP contribution in [-0.4, -0.2) is 44.1 Å². The minimum atomic E-state index is -0.105. The Hall–Kier alpha value is -2.02. The van der Waals surface area contributed by atoms with Gasteiger partial charge in [-0.25, -0.2) is 9.67 Å². The molecule has 0 aliphatic heterocycles. The van der Waals surface area contributed by atoms with Gasteiger partial charge in [0.1, 0.15) is 5.52 Å². The Morgan fingerprint density at radius 2 is 1.96 bits per heavy atom. The number of nitrogens with zero attached hydrogens (tertiary/aromatic N) is 4. The van der Waals surface area contributed by atoms with Gasteiger partial charge in [-0.15, -0.1) is 5.10 Å². The van der Waals surface area contributed by atoms with Gasteiger partial charge < -0.3 is 10.1 Å². The van der Waals surface area contributed by atoms with Crippen molar-refractivity contribution in [1.29, 1.82) is 0 Å². The summed E-state index contributed by atoms with van der Waals surface area (Å²) >= 11 is 0. The van der Waals surface area contributed by atoms with Crippen LogP contribution < -0.4 is 5.32 Å². The number of aromatic nitrogens is 4. The number of ether oxygens (including phenoxy) is 1. The second kappa shape index (κ2) is 7.07. The summed E-state index contributed by atoms with van der Waals surface area (Å²) in [5.41, 5.74) is 1.84. The van der Waals surface area contributed by atoms with Gasteiger partial charge in [-0.3, -0.25) is 4.79 Å². The second-order valence-electron chi connectivity index (χ2n) is 7.23. The van der Waals surface area contributed by atoms with E-state index in [0.717, 1.165) is 32.1 Å². The molecule has 2 atom stereocenters. The van der Waals surface area contributed by atoms with E-state index in [1.807, 2.05) is 0 Å². The summed E-state index contributed by atoms with van der Waals surface area (Å²) in [6.45, 7) is 0. The number of aryl methyl sites for hydroxylation is 1. The van der Waals surface area contributed by atoms with Crippen LogP contribution in [0.15, 0.2) is 12.3 Å². The van der Waals surface area contributed by atoms with E-state index in [-0.39, 0.29) is 18.1 Å². The van der Waals surface area contributed by atoms with Crippen LogP contribution >= 0.6 is 0 Å². The molecule has 7 heteroatoms. The Labute approximate surface area is 147 Å². The molecule has 0 aromatic carbocycles. The van der Waals surface area contributed by atoms with Crippen molar-refractivity contribution in [2.45, 2.75) is 69.6 Å². The molecule has 0 saturated heterocycles. The fourth-order valence-electron chi connectivity index (χ4n) is 4.00. The van der Waals surface area contributed by atoms with E-state index in [1.165, 1.54) is 19.3 Å². The van der Waals surface area contributed by atoms with E-state index in [9.17, 15) is 4.79 Å². The highest BCUT2D eigenvalue weighted by molar-refractivity contribution is 5.96. The first-order valence-electron chi connectivity index (χ1n) is 9.32. The molecule has 2 aliphatic rings. The zero-order valence-corrected chi connectivity index (χ0v) is 14.6. The zero-order valence-electron chi connectivity index (χ0n) is 14.6. The molecular formula is C18H25N5O2. The number of rotatable bonds is 4. The van der Waals surface area contributed by atoms with Gasteiger partial charge >= 0.3 is 0 Å². The lowest BCUT2D eigenvalue weighted by molar-refractivity contribution is -0.0419. The topological polar surface area (TPSA) is 81.9 Å². The summed E-state index contributed by atoms with van der Waals surface area (Å²) in [5.74, 6) is -0.105. The molecular weight excluding hydrogens is 318 g/mol. The van der Waals surface area contributed by atoms with E-state index in [1.54, 1.807) is 24.0 Å². The minimum Gasteiger partial charge on any atom is -0.373 e. The molecule has 2 saturated carbocycles. The molecule has 1 amide bonds. The van der Waals surface area contributed by atoms with Crippen molar-refractivity contribution in [2.75, 3.05) is 0 Å². The molecule has 4 rings (SSSR count). The fourth-order valence-corrected chi connectivity index (χ4v) is 4.00. The Morgan fingerprint density at radius 3 is 2.80 bits per heavy atom. The van der Waals surface area contributed by atoms with Crippen molar-refractivity contribution >= 4 is 17.1 Å². The first kappa shape index (κ1) is 16.4. The second-order valence-corrected chi connectivity index (χ2v) is 7.23. The highest BCUT2D eigenvalue weighted by Gasteiger charge is 2.30. The largest absolute Gasteiger partial charge is 0.373 e. The average Bonchev–Trinajstić information content (AvgIpc) is 3.26. The molecule has 2 aliphatic carbocycles. The van der Waals surface area contributed by atoms with Crippen LogP contribution in [0.2, 0.25) is 0 Å². The predicted octanol–water partition coefficient (Wildman–Crippen LogP) is 2.36. The number of fused-ring (bicyclic) bond motifs is 1. The number of hydrogen-bond donors (Lipinski definition) is 1. The minimum absolute atomic E-state index is 0.0828. The maximum absolute atomic E-state index is 12.7. The molecule has 2 unspecified atom stereocenters. The lowest BCUT2D eigenvalue weighted by atomic mass is 9.92. The number of carbonyl (C=O) groups excluding carboxylic acids is 1. The maximum atomic E-state index is 12.7. The Morgan fingerprint density at radius 1 is 1.20 bits per heavy atom. The van der Waals surface area contributed by atoms with Gasteiger partial charge in [0.15, 0.2) is 5.65 Å². The van der Waals surface area contributed by atoms with Crippen LogP contribution in [0, 0.1) is 0 Å². The monoisotopic (exact) mass is 343 g/mol. The highest BCUT2D eigenvalue weighted by atomic mass is 16.5. The van der Waals surface area contributed by atoms with Crippen molar-refractivity contribution in [3.63, 3.8) is 0 Å². The molecule has 2 heterocycles. The van der Waals surface area contributed by atoms with Crippen LogP contribution in [0.3, 0.4) is 0 Å². The molecule has 1 N–H and O–H groups in total. The molecule has 2 fully saturated rings. The third-order valence-electron chi connectivity index (χ3n) is 5.39. The normalized spacial score (nSPS) is 24.7. The van der Waals surface area contributed by atoms with Crippen LogP contribution in [0.25, 0.3) is 11.2 Å². The summed E-state index contributed by atoms with van der Waals surface area (Å²) in [5, 5.41) is 11.1. The van der Waals surface area contributed by atoms with Gasteiger partial charge in [-0.05, 0) is 31.7 Å². The third-order valence-corrected chi connectivity index (χ3v) is 5.39. The van der Waals surface area contributed by atoms with Gasteiger partial charge in [0, 0.05) is 13.2 Å². The van der Waals surface area contributed by atoms with Crippen molar-refractivity contribution in [3.8, 4) is 0 Å². The van der Waals surface area contributed by atoms with Gasteiger partial charge in [0.05, 0.1) is 23.8 Å². The summed E-state index contributed by atoms with van der Waals surface area (Å²) < 4.78 is 7.92. The third kappa shape index (κ3) is 3.51. The Bertz CT molecular complexity index is 753. The SMILES string of the molecule is Cn1nnc2cc(C(=O)NC3CCCCC3OC3CCCC3)cnc21. The van der Waals surface area contributed by atoms with E-state index in [0.29, 0.717) is 22.8 Å². The Balaban J connectivity index is 1.45. The first-order chi connectivity index (χ1) is 12.2. The molecule has 2 aromatic heterocycles. The van der Waals surface area contributed by atoms with Crippen molar-refractivity contribution in [2.24, 2.45) is 7.05 Å². The number of carbonyl (C=O) groups is 1. The highest BCUT2D eigenvalue weighted by Crippen LogP contribution is 2.28. The summed E-state index contributed by atoms with van der Waals surface area (Å²) in [6, 6.07) is 1.83. The van der Waals surface area contributed by atoms with Gasteiger partial charge in [-0.2, -0.15) is 0 Å². The maximum Gasteiger partial charge on any atom is 0.253 e. The van der Waals surface area contributed by atoms with Crippen LogP contribution in [0.4, 0.5) is 0 Å². The first-order valence-corrected chi connectivity index (χ1v) is 9.32. The van der Waals surface area contributed by atoms with E-state index in [4.69, 9.17) is 4.74 Å². The number of hydrogen-bond acceptors (Lipinski definition) is 5. The predicted molar refractivity (Wildman–Crippen MR) is 93.2 cm³/mol. The van der Waals surface area contributed by atoms with Crippen molar-refractivity contribution in [3.05, 3.63) is 17.8 Å². The van der Waals surface area contributed by atoms with Crippen molar-refractivity contribution < 1.29 is 9.53 Å². The van der Waals surface area contributed by atoms with E-state index in [2.05, 4.69) is 20.6 Å². The lowest BCUT2D eigenvalue weighted by Gasteiger charge is -2.34. The van der Waals surface area contributed by atoms with Crippen LogP contribution in [0.5, 0.6) is 0 Å². The smallest absolute Gasteiger partial charge is 0.253 e. The number of amides is 1. The van der Waals surface area contributed by atoms with Gasteiger partial charge in [-0.1, -0.05) is 30.9 Å². The van der Waals surface area contributed by atoms with Gasteiger partial charge in [0.2, 0.25) is 0 Å². The summed E-state index contributed by atoms with van der Waals surface area (Å²) in [7, 11) is 1.79. The van der Waals surface area contributed by atoms with Crippen molar-refractivity contribution in [1.82, 2.24) is 25.3 Å². The standard InChI is InChI=1S/C18H25N5O2/c1-23-17-15(21-22-23)10-12(11-19-17)18(24)20-14-8-4-5-9-16(14)25-13-6-2-3-7-13/h10-11,13-14,16H,2-9H2,1H3,(H,20,24). The molecule has 134 valence electrons. The number of pyridine rings is 1. The summed E-state index contributed by atoms with van der Waals surface area (Å²) in [4.78, 5) is 17.0. The summed E-state index contributed by atoms with van der Waals surface area (Å²) in [6.07, 6.45) is 11.3. The van der Waals surface area contributed by atoms with E-state index < -0.39 is 0 Å². The van der Waals surface area contributed by atoms with Gasteiger partial charge in [0.25, 0.3) is 5.91 Å².